The van der Waals surface area contributed by atoms with Gasteiger partial charge < -0.3 is 29.4 Å². The monoisotopic (exact) mass is 685 g/mol. The smallest absolute Gasteiger partial charge is 0.330 e. The molecule has 2 fully saturated rings. The van der Waals surface area contributed by atoms with Crippen LogP contribution in [0, 0.1) is 0 Å². The lowest BCUT2D eigenvalue weighted by Gasteiger charge is -2.40. The van der Waals surface area contributed by atoms with Crippen molar-refractivity contribution in [2.75, 3.05) is 32.8 Å². The zero-order valence-electron chi connectivity index (χ0n) is 27.9. The fourth-order valence-electron chi connectivity index (χ4n) is 6.75. The van der Waals surface area contributed by atoms with Gasteiger partial charge in [-0.1, -0.05) is 30.5 Å². The first-order valence-electron chi connectivity index (χ1n) is 16.5. The van der Waals surface area contributed by atoms with E-state index in [1.54, 1.807) is 43.8 Å². The van der Waals surface area contributed by atoms with E-state index < -0.39 is 11.5 Å². The van der Waals surface area contributed by atoms with Crippen LogP contribution < -0.4 is 15.4 Å². The number of ether oxygens (including phenoxy) is 3. The van der Waals surface area contributed by atoms with Crippen LogP contribution in [0.1, 0.15) is 72.3 Å². The van der Waals surface area contributed by atoms with Crippen LogP contribution in [0.25, 0.3) is 28.5 Å². The first-order valence-corrected chi connectivity index (χ1v) is 16.9. The van der Waals surface area contributed by atoms with E-state index in [1.165, 1.54) is 31.6 Å². The quantitative estimate of drug-likeness (QED) is 0.0988. The van der Waals surface area contributed by atoms with Gasteiger partial charge in [-0.2, -0.15) is 0 Å². The molecule has 0 unspecified atom stereocenters. The molecule has 0 aliphatic heterocycles. The van der Waals surface area contributed by atoms with Gasteiger partial charge in [0, 0.05) is 66.4 Å². The van der Waals surface area contributed by atoms with Crippen molar-refractivity contribution in [3.63, 3.8) is 0 Å². The van der Waals surface area contributed by atoms with Crippen molar-refractivity contribution >= 4 is 52.1 Å². The summed E-state index contributed by atoms with van der Waals surface area (Å²) < 4.78 is 17.7. The van der Waals surface area contributed by atoms with Crippen molar-refractivity contribution in [2.45, 2.75) is 56.4 Å². The SMILES string of the molecule is COCCOc1cc(NC(=O)C2(NC(=O)c3ccc4c(C5CCCC5)c(-c5ncc(Cl)cn5)n(C)c4c3)CCC2)ccc1C=CC(=O)OC. The third-order valence-corrected chi connectivity index (χ3v) is 9.70. The van der Waals surface area contributed by atoms with Crippen LogP contribution in [0.3, 0.4) is 0 Å². The third kappa shape index (κ3) is 7.18. The highest BCUT2D eigenvalue weighted by Gasteiger charge is 2.45. The predicted octanol–water partition coefficient (Wildman–Crippen LogP) is 6.45. The zero-order chi connectivity index (χ0) is 34.5. The lowest BCUT2D eigenvalue weighted by Crippen LogP contribution is -2.61. The van der Waals surface area contributed by atoms with Gasteiger partial charge in [0.25, 0.3) is 5.91 Å². The second-order valence-corrected chi connectivity index (χ2v) is 13.0. The molecule has 2 heterocycles. The number of carbonyl (C=O) groups is 3. The number of hydrogen-bond donors (Lipinski definition) is 2. The zero-order valence-corrected chi connectivity index (χ0v) is 28.6. The van der Waals surface area contributed by atoms with Gasteiger partial charge in [0.1, 0.15) is 17.9 Å². The summed E-state index contributed by atoms with van der Waals surface area (Å²) >= 11 is 6.11. The number of rotatable bonds is 12. The Morgan fingerprint density at radius 2 is 1.78 bits per heavy atom. The van der Waals surface area contributed by atoms with Crippen molar-refractivity contribution in [3.8, 4) is 17.3 Å². The van der Waals surface area contributed by atoms with Crippen LogP contribution in [-0.4, -0.2) is 65.3 Å². The first kappa shape index (κ1) is 34.1. The summed E-state index contributed by atoms with van der Waals surface area (Å²) in [5.41, 5.74) is 3.57. The lowest BCUT2D eigenvalue weighted by molar-refractivity contribution is -0.134. The molecular formula is C37H40ClN5O6. The molecule has 2 aromatic heterocycles. The minimum atomic E-state index is -1.06. The molecule has 2 aromatic carbocycles. The van der Waals surface area contributed by atoms with Crippen molar-refractivity contribution in [1.82, 2.24) is 19.9 Å². The number of fused-ring (bicyclic) bond motifs is 1. The molecule has 0 spiro atoms. The molecule has 0 radical (unpaired) electrons. The number of methoxy groups -OCH3 is 2. The summed E-state index contributed by atoms with van der Waals surface area (Å²) in [6.07, 6.45) is 12.4. The Morgan fingerprint density at radius 3 is 2.45 bits per heavy atom. The maximum atomic E-state index is 13.8. The first-order chi connectivity index (χ1) is 23.7. The van der Waals surface area contributed by atoms with Crippen LogP contribution in [-0.2, 0) is 26.1 Å². The van der Waals surface area contributed by atoms with Gasteiger partial charge in [-0.3, -0.25) is 9.59 Å². The molecular weight excluding hydrogens is 646 g/mol. The summed E-state index contributed by atoms with van der Waals surface area (Å²) in [5.74, 6) is 0.302. The molecule has 0 atom stereocenters. The number of aryl methyl sites for hydroxylation is 1. The Balaban J connectivity index is 1.24. The number of nitrogens with one attached hydrogen (secondary N) is 2. The molecule has 2 amide bonds. The highest BCUT2D eigenvalue weighted by atomic mass is 35.5. The maximum absolute atomic E-state index is 13.8. The molecule has 11 nitrogen and oxygen atoms in total. The summed E-state index contributed by atoms with van der Waals surface area (Å²) in [7, 11) is 4.85. The second kappa shape index (κ2) is 14.8. The van der Waals surface area contributed by atoms with Crippen LogP contribution in [0.15, 0.2) is 54.9 Å². The van der Waals surface area contributed by atoms with E-state index in [1.807, 2.05) is 25.2 Å². The van der Waals surface area contributed by atoms with Crippen molar-refractivity contribution in [1.29, 1.82) is 0 Å². The predicted molar refractivity (Wildman–Crippen MR) is 188 cm³/mol. The molecule has 49 heavy (non-hydrogen) atoms. The number of amides is 2. The van der Waals surface area contributed by atoms with Gasteiger partial charge in [0.15, 0.2) is 5.82 Å². The molecule has 0 saturated heterocycles. The van der Waals surface area contributed by atoms with Crippen LogP contribution in [0.5, 0.6) is 5.75 Å². The van der Waals surface area contributed by atoms with E-state index in [2.05, 4.69) is 25.2 Å². The topological polar surface area (TPSA) is 134 Å². The van der Waals surface area contributed by atoms with E-state index in [-0.39, 0.29) is 18.4 Å². The van der Waals surface area contributed by atoms with E-state index in [0.29, 0.717) is 58.8 Å². The number of benzene rings is 2. The Hall–Kier alpha value is -4.74. The third-order valence-electron chi connectivity index (χ3n) is 9.51. The van der Waals surface area contributed by atoms with Gasteiger partial charge >= 0.3 is 5.97 Å². The molecule has 2 aliphatic rings. The number of anilines is 1. The number of hydrogen-bond acceptors (Lipinski definition) is 8. The van der Waals surface area contributed by atoms with E-state index in [4.69, 9.17) is 25.8 Å². The largest absolute Gasteiger partial charge is 0.490 e. The Bertz CT molecular complexity index is 1890. The normalized spacial score (nSPS) is 15.7. The van der Waals surface area contributed by atoms with Crippen LogP contribution in [0.2, 0.25) is 5.02 Å². The molecule has 2 N–H and O–H groups in total. The molecule has 2 saturated carbocycles. The summed E-state index contributed by atoms with van der Waals surface area (Å²) in [6, 6.07) is 10.9. The standard InChI is InChI=1S/C37H40ClN5O6/c1-43-29-19-25(10-13-28(29)32(24-7-4-5-8-24)33(43)34-39-21-26(38)22-40-34)35(45)42-37(15-6-16-37)36(46)41-27-12-9-23(11-14-31(44)48-3)30(20-27)49-18-17-47-2/h9-14,19-22,24H,4-8,15-18H2,1-3H3,(H,41,46)(H,42,45). The Labute approximate surface area is 290 Å². The minimum absolute atomic E-state index is 0.273. The van der Waals surface area contributed by atoms with Crippen LogP contribution >= 0.6 is 11.6 Å². The van der Waals surface area contributed by atoms with Gasteiger partial charge in [-0.15, -0.1) is 0 Å². The molecule has 256 valence electrons. The molecule has 12 heteroatoms. The second-order valence-electron chi connectivity index (χ2n) is 12.6. The van der Waals surface area contributed by atoms with E-state index in [9.17, 15) is 14.4 Å². The average molecular weight is 686 g/mol. The number of esters is 1. The van der Waals surface area contributed by atoms with Gasteiger partial charge in [-0.05, 0) is 73.9 Å². The van der Waals surface area contributed by atoms with Gasteiger partial charge in [0.05, 0.1) is 24.4 Å². The van der Waals surface area contributed by atoms with E-state index in [0.717, 1.165) is 35.9 Å². The number of aromatic nitrogens is 3. The summed E-state index contributed by atoms with van der Waals surface area (Å²) in [6.45, 7) is 0.632. The number of carbonyl (C=O) groups excluding carboxylic acids is 3. The number of nitrogens with zero attached hydrogens (tertiary/aromatic N) is 3. The fourth-order valence-corrected chi connectivity index (χ4v) is 6.85. The minimum Gasteiger partial charge on any atom is -0.490 e. The van der Waals surface area contributed by atoms with Gasteiger partial charge in [0.2, 0.25) is 5.91 Å². The highest BCUT2D eigenvalue weighted by molar-refractivity contribution is 6.30. The van der Waals surface area contributed by atoms with Crippen LogP contribution in [0.4, 0.5) is 5.69 Å². The molecule has 4 aromatic rings. The van der Waals surface area contributed by atoms with Crippen molar-refractivity contribution in [3.05, 3.63) is 76.6 Å². The molecule has 2 aliphatic carbocycles. The maximum Gasteiger partial charge on any atom is 0.330 e. The molecule has 6 rings (SSSR count). The fraction of sp³-hybridized carbons (Fsp3) is 0.378. The lowest BCUT2D eigenvalue weighted by atomic mass is 9.75. The number of halogens is 1. The molecule has 0 bridgehead atoms. The average Bonchev–Trinajstić information content (AvgIpc) is 3.72. The highest BCUT2D eigenvalue weighted by Crippen LogP contribution is 2.44. The Morgan fingerprint density at radius 1 is 1.02 bits per heavy atom. The summed E-state index contributed by atoms with van der Waals surface area (Å²) in [4.78, 5) is 48.3. The van der Waals surface area contributed by atoms with Crippen molar-refractivity contribution < 1.29 is 28.6 Å². The van der Waals surface area contributed by atoms with Gasteiger partial charge in [-0.25, -0.2) is 14.8 Å². The van der Waals surface area contributed by atoms with Crippen molar-refractivity contribution in [2.24, 2.45) is 7.05 Å². The Kier molecular flexibility index (Phi) is 10.3. The van der Waals surface area contributed by atoms with E-state index >= 15 is 0 Å². The summed E-state index contributed by atoms with van der Waals surface area (Å²) in [5, 5.41) is 7.58.